The normalized spacial score (nSPS) is 16.2. The molecule has 1 fully saturated rings. The van der Waals surface area contributed by atoms with Gasteiger partial charge in [0, 0.05) is 55.4 Å². The summed E-state index contributed by atoms with van der Waals surface area (Å²) in [6.45, 7) is 3.16. The highest BCUT2D eigenvalue weighted by atomic mass is 32.1. The van der Waals surface area contributed by atoms with E-state index in [1.165, 1.54) is 10.7 Å². The van der Waals surface area contributed by atoms with Gasteiger partial charge >= 0.3 is 0 Å². The zero-order valence-electron chi connectivity index (χ0n) is 8.97. The second-order valence-corrected chi connectivity index (χ2v) is 5.02. The molecule has 1 aliphatic heterocycles. The van der Waals surface area contributed by atoms with Crippen molar-refractivity contribution >= 4 is 11.3 Å². The molecule has 0 bridgehead atoms. The third-order valence-corrected chi connectivity index (χ3v) is 3.83. The maximum Gasteiger partial charge on any atom is 0.0948 e. The van der Waals surface area contributed by atoms with Crippen molar-refractivity contribution in [2.75, 3.05) is 13.1 Å². The maximum atomic E-state index is 4.30. The van der Waals surface area contributed by atoms with Gasteiger partial charge < -0.3 is 9.88 Å². The molecule has 4 nitrogen and oxygen atoms in total. The first-order valence-corrected chi connectivity index (χ1v) is 6.40. The average Bonchev–Trinajstić information content (AvgIpc) is 2.82. The minimum atomic E-state index is 0.652. The molecular formula is C11H14N4S. The molecule has 3 rings (SSSR count). The van der Waals surface area contributed by atoms with Crippen molar-refractivity contribution in [3.8, 4) is 0 Å². The standard InChI is InChI=1S/C11H14N4S/c1(11-14-2-4-16-11)3-15-8-13-7-10(15)9-5-12-6-9/h2,4,7-9,12H,1,3,5-6H2. The van der Waals surface area contributed by atoms with Crippen LogP contribution in [0.4, 0.5) is 0 Å². The molecule has 0 spiro atoms. The van der Waals surface area contributed by atoms with E-state index >= 15 is 0 Å². The summed E-state index contributed by atoms with van der Waals surface area (Å²) < 4.78 is 2.26. The van der Waals surface area contributed by atoms with Crippen molar-refractivity contribution in [1.29, 1.82) is 0 Å². The van der Waals surface area contributed by atoms with E-state index in [2.05, 4.69) is 19.9 Å². The molecule has 0 saturated carbocycles. The molecule has 0 unspecified atom stereocenters. The van der Waals surface area contributed by atoms with Crippen molar-refractivity contribution in [3.05, 3.63) is 34.8 Å². The summed E-state index contributed by atoms with van der Waals surface area (Å²) in [4.78, 5) is 8.54. The number of aromatic nitrogens is 3. The Hall–Kier alpha value is -1.20. The number of imidazole rings is 1. The van der Waals surface area contributed by atoms with Gasteiger partial charge in [0.05, 0.1) is 11.3 Å². The van der Waals surface area contributed by atoms with Gasteiger partial charge in [-0.05, 0) is 0 Å². The SMILES string of the molecule is c1csc(CCn2cncc2C2CNC2)n1. The van der Waals surface area contributed by atoms with E-state index in [9.17, 15) is 0 Å². The van der Waals surface area contributed by atoms with Crippen molar-refractivity contribution in [3.63, 3.8) is 0 Å². The summed E-state index contributed by atoms with van der Waals surface area (Å²) in [6.07, 6.45) is 6.79. The molecule has 16 heavy (non-hydrogen) atoms. The van der Waals surface area contributed by atoms with Crippen LogP contribution in [0.2, 0.25) is 0 Å². The van der Waals surface area contributed by atoms with Crippen LogP contribution in [-0.2, 0) is 13.0 Å². The number of nitrogens with zero attached hydrogens (tertiary/aromatic N) is 3. The zero-order valence-corrected chi connectivity index (χ0v) is 9.78. The van der Waals surface area contributed by atoms with Crippen LogP contribution >= 0.6 is 11.3 Å². The van der Waals surface area contributed by atoms with Crippen LogP contribution in [0.15, 0.2) is 24.1 Å². The molecule has 0 aromatic carbocycles. The van der Waals surface area contributed by atoms with Crippen molar-refractivity contribution in [1.82, 2.24) is 19.9 Å². The van der Waals surface area contributed by atoms with Crippen LogP contribution in [0.5, 0.6) is 0 Å². The number of hydrogen-bond acceptors (Lipinski definition) is 4. The van der Waals surface area contributed by atoms with Gasteiger partial charge in [0.15, 0.2) is 0 Å². The minimum absolute atomic E-state index is 0.652. The van der Waals surface area contributed by atoms with Gasteiger partial charge in [-0.25, -0.2) is 9.97 Å². The summed E-state index contributed by atoms with van der Waals surface area (Å²) in [5, 5.41) is 6.52. The molecule has 0 aliphatic carbocycles. The largest absolute Gasteiger partial charge is 0.334 e. The lowest BCUT2D eigenvalue weighted by Crippen LogP contribution is -2.40. The highest BCUT2D eigenvalue weighted by molar-refractivity contribution is 7.09. The van der Waals surface area contributed by atoms with Crippen LogP contribution in [0.1, 0.15) is 16.6 Å². The molecule has 2 aromatic rings. The molecule has 0 radical (unpaired) electrons. The molecule has 5 heteroatoms. The first-order chi connectivity index (χ1) is 7.93. The summed E-state index contributed by atoms with van der Waals surface area (Å²) >= 11 is 1.72. The van der Waals surface area contributed by atoms with Gasteiger partial charge in [0.2, 0.25) is 0 Å². The predicted molar refractivity (Wildman–Crippen MR) is 63.7 cm³/mol. The molecule has 3 heterocycles. The molecule has 1 saturated heterocycles. The van der Waals surface area contributed by atoms with E-state index in [1.807, 2.05) is 24.1 Å². The van der Waals surface area contributed by atoms with Gasteiger partial charge in [-0.1, -0.05) is 0 Å². The first kappa shape index (κ1) is 9.99. The molecule has 84 valence electrons. The van der Waals surface area contributed by atoms with E-state index in [-0.39, 0.29) is 0 Å². The highest BCUT2D eigenvalue weighted by Crippen LogP contribution is 2.19. The number of rotatable bonds is 4. The minimum Gasteiger partial charge on any atom is -0.334 e. The maximum absolute atomic E-state index is 4.30. The molecular weight excluding hydrogens is 220 g/mol. The van der Waals surface area contributed by atoms with Crippen LogP contribution < -0.4 is 5.32 Å². The van der Waals surface area contributed by atoms with Gasteiger partial charge in [-0.15, -0.1) is 11.3 Å². The van der Waals surface area contributed by atoms with E-state index in [0.29, 0.717) is 5.92 Å². The summed E-state index contributed by atoms with van der Waals surface area (Å²) in [5.41, 5.74) is 1.36. The lowest BCUT2D eigenvalue weighted by molar-refractivity contribution is 0.423. The lowest BCUT2D eigenvalue weighted by Gasteiger charge is -2.27. The molecule has 1 aliphatic rings. The average molecular weight is 234 g/mol. The number of hydrogen-bond donors (Lipinski definition) is 1. The Kier molecular flexibility index (Phi) is 2.71. The highest BCUT2D eigenvalue weighted by Gasteiger charge is 2.22. The first-order valence-electron chi connectivity index (χ1n) is 5.52. The Balaban J connectivity index is 1.67. The summed E-state index contributed by atoms with van der Waals surface area (Å²) in [5.74, 6) is 0.652. The van der Waals surface area contributed by atoms with Gasteiger partial charge in [0.25, 0.3) is 0 Å². The Morgan fingerprint density at radius 3 is 3.12 bits per heavy atom. The van der Waals surface area contributed by atoms with Crippen molar-refractivity contribution in [2.45, 2.75) is 18.9 Å². The second kappa shape index (κ2) is 4.35. The van der Waals surface area contributed by atoms with Crippen LogP contribution in [0, 0.1) is 0 Å². The van der Waals surface area contributed by atoms with E-state index in [4.69, 9.17) is 0 Å². The summed E-state index contributed by atoms with van der Waals surface area (Å²) in [7, 11) is 0. The topological polar surface area (TPSA) is 42.7 Å². The Morgan fingerprint density at radius 1 is 1.50 bits per heavy atom. The summed E-state index contributed by atoms with van der Waals surface area (Å²) in [6, 6.07) is 0. The monoisotopic (exact) mass is 234 g/mol. The quantitative estimate of drug-likeness (QED) is 0.866. The lowest BCUT2D eigenvalue weighted by atomic mass is 10.00. The Bertz CT molecular complexity index is 444. The fraction of sp³-hybridized carbons (Fsp3) is 0.455. The van der Waals surface area contributed by atoms with Crippen LogP contribution in [0.25, 0.3) is 0 Å². The third kappa shape index (κ3) is 1.88. The Morgan fingerprint density at radius 2 is 2.44 bits per heavy atom. The second-order valence-electron chi connectivity index (χ2n) is 4.04. The Labute approximate surface area is 98.4 Å². The third-order valence-electron chi connectivity index (χ3n) is 2.99. The molecule has 0 atom stereocenters. The van der Waals surface area contributed by atoms with Crippen molar-refractivity contribution in [2.24, 2.45) is 0 Å². The van der Waals surface area contributed by atoms with E-state index in [1.54, 1.807) is 11.3 Å². The van der Waals surface area contributed by atoms with E-state index in [0.717, 1.165) is 26.1 Å². The molecule has 1 N–H and O–H groups in total. The molecule has 2 aromatic heterocycles. The smallest absolute Gasteiger partial charge is 0.0948 e. The van der Waals surface area contributed by atoms with Crippen molar-refractivity contribution < 1.29 is 0 Å². The van der Waals surface area contributed by atoms with Crippen LogP contribution in [0.3, 0.4) is 0 Å². The number of thiazole rings is 1. The fourth-order valence-corrected chi connectivity index (χ4v) is 2.56. The van der Waals surface area contributed by atoms with E-state index < -0.39 is 0 Å². The van der Waals surface area contributed by atoms with Gasteiger partial charge in [-0.3, -0.25) is 0 Å². The zero-order chi connectivity index (χ0) is 10.8. The van der Waals surface area contributed by atoms with Gasteiger partial charge in [-0.2, -0.15) is 0 Å². The fourth-order valence-electron chi connectivity index (χ4n) is 1.95. The number of nitrogens with one attached hydrogen (secondary N) is 1. The van der Waals surface area contributed by atoms with Gasteiger partial charge in [0.1, 0.15) is 0 Å². The predicted octanol–water partition coefficient (Wildman–Crippen LogP) is 1.27. The number of aryl methyl sites for hydroxylation is 2. The van der Waals surface area contributed by atoms with Crippen LogP contribution in [-0.4, -0.2) is 27.6 Å². The molecule has 0 amide bonds.